The Kier molecular flexibility index (Phi) is 4.07. The van der Waals surface area contributed by atoms with E-state index in [4.69, 9.17) is 14.5 Å². The van der Waals surface area contributed by atoms with E-state index in [1.807, 2.05) is 38.1 Å². The number of hydrogen-bond donors (Lipinski definition) is 0. The van der Waals surface area contributed by atoms with Crippen molar-refractivity contribution in [2.24, 2.45) is 0 Å². The Morgan fingerprint density at radius 2 is 2.04 bits per heavy atom. The van der Waals surface area contributed by atoms with Crippen LogP contribution in [0.1, 0.15) is 28.2 Å². The van der Waals surface area contributed by atoms with Gasteiger partial charge in [-0.3, -0.25) is 9.36 Å². The van der Waals surface area contributed by atoms with Gasteiger partial charge in [-0.1, -0.05) is 12.1 Å². The Balaban J connectivity index is 1.90. The number of allylic oxidation sites excluding steroid dienone is 1. The Bertz CT molecular complexity index is 1110. The molecule has 0 N–H and O–H groups in total. The Morgan fingerprint density at radius 1 is 1.23 bits per heavy atom. The molecule has 3 heterocycles. The third-order valence-electron chi connectivity index (χ3n) is 4.94. The van der Waals surface area contributed by atoms with Gasteiger partial charge in [-0.15, -0.1) is 11.3 Å². The topological polar surface area (TPSA) is 53.4 Å². The summed E-state index contributed by atoms with van der Waals surface area (Å²) < 4.78 is 12.7. The molecule has 5 nitrogen and oxygen atoms in total. The highest BCUT2D eigenvalue weighted by Gasteiger charge is 2.23. The first-order valence-corrected chi connectivity index (χ1v) is 9.29. The summed E-state index contributed by atoms with van der Waals surface area (Å²) in [7, 11) is 3.25. The van der Waals surface area contributed by atoms with Gasteiger partial charge in [0.15, 0.2) is 11.5 Å². The highest BCUT2D eigenvalue weighted by molar-refractivity contribution is 7.18. The SMILES string of the molecule is COc1cccc(C=C2CCn3c2nc2sc(C)c(C)c2c3=O)c1OC. The zero-order chi connectivity index (χ0) is 18.4. The smallest absolute Gasteiger partial charge is 0.262 e. The molecule has 1 aromatic carbocycles. The van der Waals surface area contributed by atoms with Gasteiger partial charge in [0.2, 0.25) is 0 Å². The van der Waals surface area contributed by atoms with Crippen molar-refractivity contribution in [2.75, 3.05) is 14.2 Å². The maximum absolute atomic E-state index is 12.9. The molecule has 134 valence electrons. The summed E-state index contributed by atoms with van der Waals surface area (Å²) in [6, 6.07) is 5.78. The van der Waals surface area contributed by atoms with Crippen molar-refractivity contribution < 1.29 is 9.47 Å². The van der Waals surface area contributed by atoms with Gasteiger partial charge in [0.25, 0.3) is 5.56 Å². The van der Waals surface area contributed by atoms with Gasteiger partial charge in [-0.2, -0.15) is 0 Å². The van der Waals surface area contributed by atoms with Crippen molar-refractivity contribution in [3.05, 3.63) is 50.4 Å². The lowest BCUT2D eigenvalue weighted by Crippen LogP contribution is -2.20. The molecule has 2 aromatic heterocycles. The second-order valence-electron chi connectivity index (χ2n) is 6.36. The summed E-state index contributed by atoms with van der Waals surface area (Å²) in [6.07, 6.45) is 2.82. The molecule has 1 aliphatic rings. The van der Waals surface area contributed by atoms with Gasteiger partial charge >= 0.3 is 0 Å². The first-order chi connectivity index (χ1) is 12.5. The number of hydrogen-bond acceptors (Lipinski definition) is 5. The number of ether oxygens (including phenoxy) is 2. The summed E-state index contributed by atoms with van der Waals surface area (Å²) in [4.78, 5) is 19.7. The van der Waals surface area contributed by atoms with E-state index < -0.39 is 0 Å². The molecule has 0 fully saturated rings. The number of benzene rings is 1. The molecule has 3 aromatic rings. The lowest BCUT2D eigenvalue weighted by atomic mass is 10.1. The molecule has 0 aliphatic carbocycles. The summed E-state index contributed by atoms with van der Waals surface area (Å²) in [6.45, 7) is 4.69. The summed E-state index contributed by atoms with van der Waals surface area (Å²) in [5.41, 5.74) is 3.07. The molecule has 0 radical (unpaired) electrons. The zero-order valence-electron chi connectivity index (χ0n) is 15.3. The molecule has 4 rings (SSSR count). The minimum absolute atomic E-state index is 0.0628. The van der Waals surface area contributed by atoms with Crippen LogP contribution in [0.25, 0.3) is 21.9 Å². The third-order valence-corrected chi connectivity index (χ3v) is 6.05. The van der Waals surface area contributed by atoms with Crippen LogP contribution in [0.15, 0.2) is 23.0 Å². The second-order valence-corrected chi connectivity index (χ2v) is 7.56. The lowest BCUT2D eigenvalue weighted by Gasteiger charge is -2.10. The molecule has 0 saturated carbocycles. The quantitative estimate of drug-likeness (QED) is 0.700. The molecule has 0 spiro atoms. The Labute approximate surface area is 155 Å². The van der Waals surface area contributed by atoms with E-state index in [1.165, 1.54) is 0 Å². The summed E-state index contributed by atoms with van der Waals surface area (Å²) in [5.74, 6) is 2.13. The fraction of sp³-hybridized carbons (Fsp3) is 0.300. The van der Waals surface area contributed by atoms with E-state index in [-0.39, 0.29) is 5.56 Å². The third kappa shape index (κ3) is 2.44. The predicted molar refractivity (Wildman–Crippen MR) is 105 cm³/mol. The number of aromatic nitrogens is 2. The molecular weight excluding hydrogens is 348 g/mol. The number of aryl methyl sites for hydroxylation is 2. The normalized spacial score (nSPS) is 14.8. The van der Waals surface area contributed by atoms with Gasteiger partial charge in [0, 0.05) is 17.0 Å². The van der Waals surface area contributed by atoms with Crippen LogP contribution >= 0.6 is 11.3 Å². The molecule has 0 saturated heterocycles. The standard InChI is InChI=1S/C20H20N2O3S/c1-11-12(2)26-19-16(11)20(23)22-9-8-14(18(22)21-19)10-13-6-5-7-15(24-3)17(13)25-4/h5-7,10H,8-9H2,1-4H3. The average molecular weight is 368 g/mol. The van der Waals surface area contributed by atoms with E-state index in [2.05, 4.69) is 0 Å². The number of rotatable bonds is 3. The van der Waals surface area contributed by atoms with Crippen molar-refractivity contribution in [1.29, 1.82) is 0 Å². The molecule has 0 bridgehead atoms. The largest absolute Gasteiger partial charge is 0.493 e. The van der Waals surface area contributed by atoms with Crippen LogP contribution in [0.4, 0.5) is 0 Å². The maximum Gasteiger partial charge on any atom is 0.262 e. The monoisotopic (exact) mass is 368 g/mol. The minimum Gasteiger partial charge on any atom is -0.493 e. The van der Waals surface area contributed by atoms with Gasteiger partial charge in [0.05, 0.1) is 19.6 Å². The van der Waals surface area contributed by atoms with Crippen LogP contribution in [0.5, 0.6) is 11.5 Å². The van der Waals surface area contributed by atoms with Gasteiger partial charge < -0.3 is 9.47 Å². The first-order valence-electron chi connectivity index (χ1n) is 8.47. The van der Waals surface area contributed by atoms with E-state index in [1.54, 1.807) is 30.1 Å². The van der Waals surface area contributed by atoms with Gasteiger partial charge in [-0.25, -0.2) is 4.98 Å². The first kappa shape index (κ1) is 16.8. The van der Waals surface area contributed by atoms with Crippen LogP contribution < -0.4 is 15.0 Å². The highest BCUT2D eigenvalue weighted by Crippen LogP contribution is 2.36. The van der Waals surface area contributed by atoms with Crippen LogP contribution in [0.2, 0.25) is 0 Å². The summed E-state index contributed by atoms with van der Waals surface area (Å²) in [5, 5.41) is 0.761. The second kappa shape index (κ2) is 6.29. The van der Waals surface area contributed by atoms with Crippen LogP contribution in [-0.4, -0.2) is 23.8 Å². The fourth-order valence-corrected chi connectivity index (χ4v) is 4.49. The lowest BCUT2D eigenvalue weighted by molar-refractivity contribution is 0.354. The number of methoxy groups -OCH3 is 2. The van der Waals surface area contributed by atoms with Gasteiger partial charge in [-0.05, 0) is 43.5 Å². The van der Waals surface area contributed by atoms with Crippen LogP contribution in [-0.2, 0) is 6.54 Å². The van der Waals surface area contributed by atoms with E-state index in [0.29, 0.717) is 18.0 Å². The van der Waals surface area contributed by atoms with Crippen LogP contribution in [0.3, 0.4) is 0 Å². The number of nitrogens with zero attached hydrogens (tertiary/aromatic N) is 2. The molecule has 0 atom stereocenters. The molecule has 6 heteroatoms. The number of thiophene rings is 1. The minimum atomic E-state index is 0.0628. The Hall–Kier alpha value is -2.60. The van der Waals surface area contributed by atoms with Crippen LogP contribution in [0, 0.1) is 13.8 Å². The van der Waals surface area contributed by atoms with Gasteiger partial charge in [0.1, 0.15) is 10.7 Å². The van der Waals surface area contributed by atoms with E-state index in [9.17, 15) is 4.79 Å². The molecule has 1 aliphatic heterocycles. The molecule has 0 amide bonds. The van der Waals surface area contributed by atoms with E-state index >= 15 is 0 Å². The van der Waals surface area contributed by atoms with E-state index in [0.717, 1.165) is 44.0 Å². The van der Waals surface area contributed by atoms with Crippen molar-refractivity contribution in [2.45, 2.75) is 26.8 Å². The maximum atomic E-state index is 12.9. The van der Waals surface area contributed by atoms with Crippen molar-refractivity contribution in [1.82, 2.24) is 9.55 Å². The van der Waals surface area contributed by atoms with Crippen molar-refractivity contribution in [3.63, 3.8) is 0 Å². The molecular formula is C20H20N2O3S. The number of fused-ring (bicyclic) bond motifs is 2. The fourth-order valence-electron chi connectivity index (χ4n) is 3.47. The Morgan fingerprint density at radius 3 is 2.77 bits per heavy atom. The zero-order valence-corrected chi connectivity index (χ0v) is 16.1. The molecule has 26 heavy (non-hydrogen) atoms. The highest BCUT2D eigenvalue weighted by atomic mass is 32.1. The summed E-state index contributed by atoms with van der Waals surface area (Å²) >= 11 is 1.58. The van der Waals surface area contributed by atoms with Crippen molar-refractivity contribution in [3.8, 4) is 11.5 Å². The average Bonchev–Trinajstić information content (AvgIpc) is 3.16. The van der Waals surface area contributed by atoms with Crippen molar-refractivity contribution >= 4 is 33.2 Å². The number of para-hydroxylation sites is 1. The molecule has 0 unspecified atom stereocenters. The predicted octanol–water partition coefficient (Wildman–Crippen LogP) is 4.04.